The SMILES string of the molecule is Cl.NCC1(COc2cnc(Cl)c(-c3ccc(F)cc3)c2)CC1. The molecular weight excluding hydrogens is 326 g/mol. The fourth-order valence-electron chi connectivity index (χ4n) is 2.16. The first-order valence-electron chi connectivity index (χ1n) is 6.86. The molecule has 2 aromatic rings. The summed E-state index contributed by atoms with van der Waals surface area (Å²) >= 11 is 6.12. The van der Waals surface area contributed by atoms with Gasteiger partial charge in [-0.1, -0.05) is 23.7 Å². The number of hydrogen-bond acceptors (Lipinski definition) is 3. The molecule has 3 nitrogen and oxygen atoms in total. The first kappa shape index (κ1) is 17.0. The molecule has 0 atom stereocenters. The number of nitrogens with two attached hydrogens (primary N) is 1. The van der Waals surface area contributed by atoms with Gasteiger partial charge in [-0.25, -0.2) is 9.37 Å². The molecule has 6 heteroatoms. The number of halogens is 3. The van der Waals surface area contributed by atoms with Gasteiger partial charge in [0.25, 0.3) is 0 Å². The van der Waals surface area contributed by atoms with Crippen LogP contribution >= 0.6 is 24.0 Å². The van der Waals surface area contributed by atoms with Crippen LogP contribution < -0.4 is 10.5 Å². The number of pyridine rings is 1. The van der Waals surface area contributed by atoms with Crippen molar-refractivity contribution >= 4 is 24.0 Å². The average molecular weight is 343 g/mol. The standard InChI is InChI=1S/C16H16ClFN2O.ClH/c17-15-14(11-1-3-12(18)4-2-11)7-13(8-20-15)21-10-16(9-19)5-6-16;/h1-4,7-8H,5-6,9-10,19H2;1H. The van der Waals surface area contributed by atoms with E-state index in [1.165, 1.54) is 12.1 Å². The molecule has 0 saturated heterocycles. The van der Waals surface area contributed by atoms with Crippen LogP contribution in [0.25, 0.3) is 11.1 Å². The van der Waals surface area contributed by atoms with Crippen molar-refractivity contribution < 1.29 is 9.13 Å². The normalized spacial score (nSPS) is 15.0. The van der Waals surface area contributed by atoms with Crippen molar-refractivity contribution in [1.82, 2.24) is 4.98 Å². The van der Waals surface area contributed by atoms with Gasteiger partial charge in [0, 0.05) is 17.5 Å². The third-order valence-corrected chi connectivity index (χ3v) is 4.21. The number of benzene rings is 1. The number of rotatable bonds is 5. The third-order valence-electron chi connectivity index (χ3n) is 3.90. The van der Waals surface area contributed by atoms with Crippen molar-refractivity contribution in [2.75, 3.05) is 13.2 Å². The Hall–Kier alpha value is -1.36. The smallest absolute Gasteiger partial charge is 0.138 e. The molecule has 22 heavy (non-hydrogen) atoms. The van der Waals surface area contributed by atoms with Crippen molar-refractivity contribution in [3.63, 3.8) is 0 Å². The van der Waals surface area contributed by atoms with Crippen LogP contribution in [0.15, 0.2) is 36.5 Å². The molecule has 1 saturated carbocycles. The van der Waals surface area contributed by atoms with Gasteiger partial charge in [0.15, 0.2) is 0 Å². The predicted octanol–water partition coefficient (Wildman–Crippen LogP) is 4.08. The minimum Gasteiger partial charge on any atom is -0.491 e. The lowest BCUT2D eigenvalue weighted by molar-refractivity contribution is 0.238. The summed E-state index contributed by atoms with van der Waals surface area (Å²) in [5, 5.41) is 0.369. The Bertz CT molecular complexity index is 645. The summed E-state index contributed by atoms with van der Waals surface area (Å²) < 4.78 is 18.8. The van der Waals surface area contributed by atoms with E-state index in [1.54, 1.807) is 18.3 Å². The zero-order chi connectivity index (χ0) is 14.9. The Labute approximate surface area is 140 Å². The molecule has 1 aliphatic rings. The highest BCUT2D eigenvalue weighted by atomic mass is 35.5. The maximum atomic E-state index is 13.0. The first-order chi connectivity index (χ1) is 10.1. The summed E-state index contributed by atoms with van der Waals surface area (Å²) in [5.41, 5.74) is 7.41. The Morgan fingerprint density at radius 3 is 2.55 bits per heavy atom. The van der Waals surface area contributed by atoms with Crippen LogP contribution in [-0.2, 0) is 0 Å². The third kappa shape index (κ3) is 3.69. The lowest BCUT2D eigenvalue weighted by Gasteiger charge is -2.14. The van der Waals surface area contributed by atoms with Crippen LogP contribution in [0.1, 0.15) is 12.8 Å². The molecule has 1 fully saturated rings. The molecule has 1 aromatic carbocycles. The summed E-state index contributed by atoms with van der Waals surface area (Å²) in [5.74, 6) is 0.368. The van der Waals surface area contributed by atoms with Gasteiger partial charge in [-0.3, -0.25) is 0 Å². The van der Waals surface area contributed by atoms with E-state index in [9.17, 15) is 4.39 Å². The molecule has 0 unspecified atom stereocenters. The fraction of sp³-hybridized carbons (Fsp3) is 0.312. The van der Waals surface area contributed by atoms with Crippen molar-refractivity contribution in [3.8, 4) is 16.9 Å². The summed E-state index contributed by atoms with van der Waals surface area (Å²) in [6.45, 7) is 1.23. The predicted molar refractivity (Wildman–Crippen MR) is 88.1 cm³/mol. The molecule has 0 aliphatic heterocycles. The van der Waals surface area contributed by atoms with E-state index >= 15 is 0 Å². The Morgan fingerprint density at radius 1 is 1.27 bits per heavy atom. The molecule has 0 radical (unpaired) electrons. The molecule has 1 heterocycles. The minimum atomic E-state index is -0.283. The van der Waals surface area contributed by atoms with Gasteiger partial charge in [-0.05, 0) is 36.6 Å². The van der Waals surface area contributed by atoms with E-state index in [0.717, 1.165) is 24.0 Å². The lowest BCUT2D eigenvalue weighted by Crippen LogP contribution is -2.22. The molecule has 1 aromatic heterocycles. The lowest BCUT2D eigenvalue weighted by atomic mass is 10.1. The van der Waals surface area contributed by atoms with Crippen molar-refractivity contribution in [2.45, 2.75) is 12.8 Å². The van der Waals surface area contributed by atoms with Gasteiger partial charge < -0.3 is 10.5 Å². The van der Waals surface area contributed by atoms with Gasteiger partial charge in [-0.15, -0.1) is 12.4 Å². The second-order valence-corrected chi connectivity index (χ2v) is 5.87. The van der Waals surface area contributed by atoms with E-state index in [1.807, 2.05) is 6.07 Å². The molecular formula is C16H17Cl2FN2O. The first-order valence-corrected chi connectivity index (χ1v) is 7.24. The highest BCUT2D eigenvalue weighted by molar-refractivity contribution is 6.32. The van der Waals surface area contributed by atoms with Crippen molar-refractivity contribution in [2.24, 2.45) is 11.1 Å². The number of aromatic nitrogens is 1. The average Bonchev–Trinajstić information content (AvgIpc) is 3.28. The van der Waals surface area contributed by atoms with E-state index in [2.05, 4.69) is 4.98 Å². The quantitative estimate of drug-likeness (QED) is 0.832. The topological polar surface area (TPSA) is 48.1 Å². The van der Waals surface area contributed by atoms with Crippen molar-refractivity contribution in [3.05, 3.63) is 47.5 Å². The molecule has 2 N–H and O–H groups in total. The molecule has 0 spiro atoms. The highest BCUT2D eigenvalue weighted by Crippen LogP contribution is 2.44. The second kappa shape index (κ2) is 6.82. The van der Waals surface area contributed by atoms with Gasteiger partial charge in [0.1, 0.15) is 16.7 Å². The maximum absolute atomic E-state index is 13.0. The van der Waals surface area contributed by atoms with E-state index < -0.39 is 0 Å². The Balaban J connectivity index is 0.00000176. The summed E-state index contributed by atoms with van der Waals surface area (Å²) in [4.78, 5) is 4.14. The summed E-state index contributed by atoms with van der Waals surface area (Å²) in [6, 6.07) is 7.96. The van der Waals surface area contributed by atoms with E-state index in [0.29, 0.717) is 24.1 Å². The van der Waals surface area contributed by atoms with Crippen LogP contribution in [0.3, 0.4) is 0 Å². The highest BCUT2D eigenvalue weighted by Gasteiger charge is 2.42. The van der Waals surface area contributed by atoms with Crippen molar-refractivity contribution in [1.29, 1.82) is 0 Å². The van der Waals surface area contributed by atoms with Gasteiger partial charge in [0.05, 0.1) is 12.8 Å². The van der Waals surface area contributed by atoms with Gasteiger partial charge >= 0.3 is 0 Å². The van der Waals surface area contributed by atoms with E-state index in [-0.39, 0.29) is 23.6 Å². The Morgan fingerprint density at radius 2 is 1.95 bits per heavy atom. The number of ether oxygens (including phenoxy) is 1. The zero-order valence-corrected chi connectivity index (χ0v) is 13.5. The van der Waals surface area contributed by atoms with Crippen LogP contribution in [0.5, 0.6) is 5.75 Å². The molecule has 1 aliphatic carbocycles. The van der Waals surface area contributed by atoms with Gasteiger partial charge in [-0.2, -0.15) is 0 Å². The summed E-state index contributed by atoms with van der Waals surface area (Å²) in [7, 11) is 0. The number of hydrogen-bond donors (Lipinski definition) is 1. The molecule has 0 bridgehead atoms. The van der Waals surface area contributed by atoms with Crippen LogP contribution in [0, 0.1) is 11.2 Å². The van der Waals surface area contributed by atoms with E-state index in [4.69, 9.17) is 22.1 Å². The number of nitrogens with zero attached hydrogens (tertiary/aromatic N) is 1. The second-order valence-electron chi connectivity index (χ2n) is 5.51. The molecule has 3 rings (SSSR count). The monoisotopic (exact) mass is 342 g/mol. The largest absolute Gasteiger partial charge is 0.491 e. The zero-order valence-electron chi connectivity index (χ0n) is 11.9. The van der Waals surface area contributed by atoms with Crippen LogP contribution in [0.2, 0.25) is 5.15 Å². The minimum absolute atomic E-state index is 0. The van der Waals surface area contributed by atoms with Crippen LogP contribution in [0.4, 0.5) is 4.39 Å². The molecule has 118 valence electrons. The fourth-order valence-corrected chi connectivity index (χ4v) is 2.37. The maximum Gasteiger partial charge on any atom is 0.138 e. The van der Waals surface area contributed by atoms with Gasteiger partial charge in [0.2, 0.25) is 0 Å². The Kier molecular flexibility index (Phi) is 5.27. The summed E-state index contributed by atoms with van der Waals surface area (Å²) in [6.07, 6.45) is 3.81. The molecule has 0 amide bonds. The van der Waals surface area contributed by atoms with Crippen LogP contribution in [-0.4, -0.2) is 18.1 Å².